The van der Waals surface area contributed by atoms with Crippen LogP contribution in [-0.2, 0) is 0 Å². The van der Waals surface area contributed by atoms with Crippen LogP contribution >= 0.6 is 24.8 Å². The predicted octanol–water partition coefficient (Wildman–Crippen LogP) is 0.922. The molecule has 34 heavy (non-hydrogen) atoms. The number of ketones is 2. The van der Waals surface area contributed by atoms with Crippen molar-refractivity contribution in [3.05, 3.63) is 46.5 Å². The van der Waals surface area contributed by atoms with Crippen molar-refractivity contribution in [2.75, 3.05) is 73.9 Å². The summed E-state index contributed by atoms with van der Waals surface area (Å²) in [7, 11) is 0. The third-order valence-corrected chi connectivity index (χ3v) is 5.03. The molecule has 8 N–H and O–H groups in total. The number of anilines is 4. The summed E-state index contributed by atoms with van der Waals surface area (Å²) in [5.74, 6) is -0.786. The lowest BCUT2D eigenvalue weighted by molar-refractivity contribution is 0.0981. The zero-order valence-corrected chi connectivity index (χ0v) is 20.0. The van der Waals surface area contributed by atoms with Gasteiger partial charge in [-0.2, -0.15) is 0 Å². The quantitative estimate of drug-likeness (QED) is 0.173. The summed E-state index contributed by atoms with van der Waals surface area (Å²) in [5, 5.41) is 48.8. The molecule has 0 aliphatic heterocycles. The Morgan fingerprint density at radius 2 is 0.676 bits per heavy atom. The standard InChI is InChI=1S/C22H28N4O6.2ClH/c27-9-5-23-13-1-2-14(24-6-10-28)18-17(13)21(31)19-15(25-7-11-29)3-4-16(26-8-12-30)20(19)22(18)32;;/h1-4,23-30H,5-12H2;2*1H. The molecule has 0 radical (unpaired) electrons. The highest BCUT2D eigenvalue weighted by Crippen LogP contribution is 2.41. The Labute approximate surface area is 209 Å². The number of halogens is 2. The van der Waals surface area contributed by atoms with Gasteiger partial charge in [0.2, 0.25) is 0 Å². The maximum Gasteiger partial charge on any atom is 0.198 e. The normalized spacial score (nSPS) is 11.5. The topological polar surface area (TPSA) is 163 Å². The molecule has 1 aliphatic rings. The molecule has 1 aliphatic carbocycles. The number of rotatable bonds is 12. The third-order valence-electron chi connectivity index (χ3n) is 5.03. The van der Waals surface area contributed by atoms with Crippen molar-refractivity contribution in [3.8, 4) is 0 Å². The zero-order valence-electron chi connectivity index (χ0n) is 18.4. The van der Waals surface area contributed by atoms with Gasteiger partial charge in [-0.1, -0.05) is 0 Å². The van der Waals surface area contributed by atoms with Crippen molar-refractivity contribution in [1.29, 1.82) is 0 Å². The van der Waals surface area contributed by atoms with Crippen LogP contribution in [0.25, 0.3) is 0 Å². The molecule has 188 valence electrons. The van der Waals surface area contributed by atoms with E-state index in [1.165, 1.54) is 0 Å². The maximum absolute atomic E-state index is 13.8. The number of hydrogen-bond acceptors (Lipinski definition) is 10. The number of aliphatic hydroxyl groups is 4. The highest BCUT2D eigenvalue weighted by atomic mass is 35.5. The maximum atomic E-state index is 13.8. The first-order valence-corrected chi connectivity index (χ1v) is 10.4. The molecule has 2 aromatic carbocycles. The van der Waals surface area contributed by atoms with Crippen LogP contribution in [0.15, 0.2) is 24.3 Å². The highest BCUT2D eigenvalue weighted by Gasteiger charge is 2.37. The van der Waals surface area contributed by atoms with Gasteiger partial charge in [0.15, 0.2) is 11.6 Å². The second kappa shape index (κ2) is 14.0. The second-order valence-corrected chi connectivity index (χ2v) is 7.08. The lowest BCUT2D eigenvalue weighted by atomic mass is 9.80. The van der Waals surface area contributed by atoms with Gasteiger partial charge in [0.1, 0.15) is 0 Å². The number of carbonyl (C=O) groups excluding carboxylic acids is 2. The summed E-state index contributed by atoms with van der Waals surface area (Å²) >= 11 is 0. The number of fused-ring (bicyclic) bond motifs is 2. The summed E-state index contributed by atoms with van der Waals surface area (Å²) in [6.07, 6.45) is 0. The van der Waals surface area contributed by atoms with E-state index < -0.39 is 11.6 Å². The fourth-order valence-corrected chi connectivity index (χ4v) is 3.75. The van der Waals surface area contributed by atoms with Gasteiger partial charge >= 0.3 is 0 Å². The molecule has 0 aromatic heterocycles. The van der Waals surface area contributed by atoms with Crippen LogP contribution in [0.1, 0.15) is 31.8 Å². The van der Waals surface area contributed by atoms with E-state index in [-0.39, 0.29) is 99.7 Å². The molecule has 0 saturated heterocycles. The molecule has 0 spiro atoms. The van der Waals surface area contributed by atoms with Gasteiger partial charge in [-0.05, 0) is 24.3 Å². The van der Waals surface area contributed by atoms with Gasteiger partial charge in [0, 0.05) is 48.9 Å². The van der Waals surface area contributed by atoms with E-state index in [1.54, 1.807) is 24.3 Å². The Morgan fingerprint density at radius 1 is 0.471 bits per heavy atom. The minimum Gasteiger partial charge on any atom is -0.395 e. The van der Waals surface area contributed by atoms with E-state index in [2.05, 4.69) is 21.3 Å². The molecule has 0 saturated carbocycles. The summed E-state index contributed by atoms with van der Waals surface area (Å²) in [5.41, 5.74) is 2.33. The third kappa shape index (κ3) is 5.90. The Hall–Kier alpha value is -2.60. The summed E-state index contributed by atoms with van der Waals surface area (Å²) in [6.45, 7) is 0.145. The summed E-state index contributed by atoms with van der Waals surface area (Å²) in [6, 6.07) is 6.61. The Balaban J connectivity index is 0.00000289. The molecule has 0 heterocycles. The Kier molecular flexibility index (Phi) is 12.1. The van der Waals surface area contributed by atoms with Crippen LogP contribution in [-0.4, -0.2) is 84.6 Å². The highest BCUT2D eigenvalue weighted by molar-refractivity contribution is 6.35. The molecule has 0 amide bonds. The first-order valence-electron chi connectivity index (χ1n) is 10.4. The number of hydrogen-bond donors (Lipinski definition) is 8. The van der Waals surface area contributed by atoms with Crippen LogP contribution in [0.2, 0.25) is 0 Å². The molecule has 12 heteroatoms. The van der Waals surface area contributed by atoms with Gasteiger partial charge < -0.3 is 41.7 Å². The van der Waals surface area contributed by atoms with E-state index in [0.29, 0.717) is 22.7 Å². The number of aliphatic hydroxyl groups excluding tert-OH is 4. The lowest BCUT2D eigenvalue weighted by Gasteiger charge is -2.27. The van der Waals surface area contributed by atoms with Gasteiger partial charge in [0.05, 0.1) is 48.7 Å². The summed E-state index contributed by atoms with van der Waals surface area (Å²) in [4.78, 5) is 27.5. The molecule has 0 unspecified atom stereocenters. The van der Waals surface area contributed by atoms with Gasteiger partial charge in [-0.3, -0.25) is 9.59 Å². The average molecular weight is 517 g/mol. The van der Waals surface area contributed by atoms with Crippen LogP contribution in [0.3, 0.4) is 0 Å². The molecular formula is C22H30Cl2N4O6. The molecule has 0 fully saturated rings. The lowest BCUT2D eigenvalue weighted by Crippen LogP contribution is -2.28. The molecule has 0 bridgehead atoms. The van der Waals surface area contributed by atoms with E-state index in [0.717, 1.165) is 0 Å². The fraction of sp³-hybridized carbons (Fsp3) is 0.364. The molecular weight excluding hydrogens is 487 g/mol. The van der Waals surface area contributed by atoms with Crippen molar-refractivity contribution in [2.45, 2.75) is 0 Å². The summed E-state index contributed by atoms with van der Waals surface area (Å²) < 4.78 is 0. The van der Waals surface area contributed by atoms with Crippen LogP contribution in [0, 0.1) is 0 Å². The number of nitrogens with one attached hydrogen (secondary N) is 4. The zero-order chi connectivity index (χ0) is 23.1. The Bertz CT molecular complexity index is 852. The molecule has 3 rings (SSSR count). The predicted molar refractivity (Wildman–Crippen MR) is 137 cm³/mol. The number of carbonyl (C=O) groups is 2. The molecule has 10 nitrogen and oxygen atoms in total. The average Bonchev–Trinajstić information content (AvgIpc) is 2.81. The first kappa shape index (κ1) is 29.4. The first-order chi connectivity index (χ1) is 15.6. The minimum atomic E-state index is -0.393. The van der Waals surface area contributed by atoms with E-state index >= 15 is 0 Å². The molecule has 0 atom stereocenters. The largest absolute Gasteiger partial charge is 0.395 e. The van der Waals surface area contributed by atoms with Crippen LogP contribution < -0.4 is 21.3 Å². The van der Waals surface area contributed by atoms with E-state index in [4.69, 9.17) is 0 Å². The van der Waals surface area contributed by atoms with Gasteiger partial charge in [-0.15, -0.1) is 24.8 Å². The van der Waals surface area contributed by atoms with Crippen LogP contribution in [0.4, 0.5) is 22.7 Å². The molecule has 2 aromatic rings. The fourth-order valence-electron chi connectivity index (χ4n) is 3.75. The van der Waals surface area contributed by atoms with Crippen LogP contribution in [0.5, 0.6) is 0 Å². The van der Waals surface area contributed by atoms with Crippen molar-refractivity contribution in [2.24, 2.45) is 0 Å². The monoisotopic (exact) mass is 516 g/mol. The number of benzene rings is 2. The van der Waals surface area contributed by atoms with Gasteiger partial charge in [-0.25, -0.2) is 0 Å². The smallest absolute Gasteiger partial charge is 0.198 e. The van der Waals surface area contributed by atoms with Crippen molar-refractivity contribution < 1.29 is 30.0 Å². The SMILES string of the molecule is Cl.Cl.O=C1c2c(NCCO)ccc(NCCO)c2C(=O)c2c(NCCO)ccc(NCCO)c21. The Morgan fingerprint density at radius 3 is 0.853 bits per heavy atom. The van der Waals surface area contributed by atoms with E-state index in [1.807, 2.05) is 0 Å². The second-order valence-electron chi connectivity index (χ2n) is 7.08. The van der Waals surface area contributed by atoms with Crippen molar-refractivity contribution in [1.82, 2.24) is 0 Å². The van der Waals surface area contributed by atoms with E-state index in [9.17, 15) is 30.0 Å². The van der Waals surface area contributed by atoms with Crippen molar-refractivity contribution in [3.63, 3.8) is 0 Å². The minimum absolute atomic E-state index is 0. The van der Waals surface area contributed by atoms with Crippen molar-refractivity contribution >= 4 is 59.1 Å². The van der Waals surface area contributed by atoms with Gasteiger partial charge in [0.25, 0.3) is 0 Å².